The molecule has 0 aliphatic carbocycles. The van der Waals surface area contributed by atoms with Crippen molar-refractivity contribution >= 4 is 10.6 Å². The summed E-state index contributed by atoms with van der Waals surface area (Å²) in [6.07, 6.45) is 2.24. The maximum absolute atomic E-state index is 11.0. The molecule has 0 amide bonds. The molecule has 0 aliphatic heterocycles. The smallest absolute Gasteiger partial charge is 0.0370 e. The molecule has 0 N–H and O–H groups in total. The third-order valence-corrected chi connectivity index (χ3v) is 3.47. The van der Waals surface area contributed by atoms with Gasteiger partial charge in [-0.15, -0.1) is 0 Å². The first-order chi connectivity index (χ1) is 5.61. The number of rotatable bonds is 5. The van der Waals surface area contributed by atoms with Gasteiger partial charge in [-0.1, -0.05) is 27.2 Å². The van der Waals surface area contributed by atoms with Crippen molar-refractivity contribution in [2.24, 2.45) is 16.2 Å². The van der Waals surface area contributed by atoms with Crippen molar-refractivity contribution in [1.82, 2.24) is 0 Å². The Kier molecular flexibility index (Phi) is 6.44. The van der Waals surface area contributed by atoms with Crippen molar-refractivity contribution in [3.63, 3.8) is 0 Å². The van der Waals surface area contributed by atoms with Crippen molar-refractivity contribution < 1.29 is 4.21 Å². The first-order valence-corrected chi connectivity index (χ1v) is 6.06. The highest BCUT2D eigenvalue weighted by atomic mass is 32.2. The zero-order chi connectivity index (χ0) is 9.56. The standard InChI is InChI=1S/C9H21NOS/c1-5-9(8(2)3)6-7-12(11)10-4/h8-9,12H,5-7H2,1-4H3/t9-/m0/s1. The summed E-state index contributed by atoms with van der Waals surface area (Å²) >= 11 is 0. The molecule has 74 valence electrons. The number of nitrogens with zero attached hydrogens (tertiary/aromatic N) is 1. The lowest BCUT2D eigenvalue weighted by Crippen LogP contribution is -2.09. The van der Waals surface area contributed by atoms with Gasteiger partial charge in [-0.05, 0) is 18.3 Å². The van der Waals surface area contributed by atoms with Crippen LogP contribution in [0.5, 0.6) is 0 Å². The quantitative estimate of drug-likeness (QED) is 0.664. The minimum atomic E-state index is -1.27. The van der Waals surface area contributed by atoms with E-state index in [-0.39, 0.29) is 0 Å². The van der Waals surface area contributed by atoms with Crippen molar-refractivity contribution in [3.8, 4) is 0 Å². The summed E-state index contributed by atoms with van der Waals surface area (Å²) in [7, 11) is 0.368. The molecule has 2 atom stereocenters. The Morgan fingerprint density at radius 3 is 2.33 bits per heavy atom. The highest BCUT2D eigenvalue weighted by molar-refractivity contribution is 7.74. The number of hydrogen-bond acceptors (Lipinski definition) is 2. The summed E-state index contributed by atoms with van der Waals surface area (Å²) in [6.45, 7) is 6.65. The molecule has 0 rings (SSSR count). The van der Waals surface area contributed by atoms with Crippen LogP contribution < -0.4 is 0 Å². The van der Waals surface area contributed by atoms with Crippen LogP contribution in [-0.4, -0.2) is 17.0 Å². The van der Waals surface area contributed by atoms with Crippen LogP contribution in [0.3, 0.4) is 0 Å². The highest BCUT2D eigenvalue weighted by Gasteiger charge is 2.09. The van der Waals surface area contributed by atoms with E-state index < -0.39 is 10.6 Å². The monoisotopic (exact) mass is 191 g/mol. The summed E-state index contributed by atoms with van der Waals surface area (Å²) in [5, 5.41) is 0. The van der Waals surface area contributed by atoms with Crippen molar-refractivity contribution in [1.29, 1.82) is 0 Å². The van der Waals surface area contributed by atoms with Crippen LogP contribution in [0, 0.1) is 11.8 Å². The average Bonchev–Trinajstić information content (AvgIpc) is 2.04. The topological polar surface area (TPSA) is 29.4 Å². The Morgan fingerprint density at radius 1 is 1.42 bits per heavy atom. The fraction of sp³-hybridized carbons (Fsp3) is 1.00. The molecule has 0 saturated heterocycles. The molecule has 3 heteroatoms. The predicted octanol–water partition coefficient (Wildman–Crippen LogP) is 2.35. The van der Waals surface area contributed by atoms with Gasteiger partial charge in [-0.3, -0.25) is 4.21 Å². The van der Waals surface area contributed by atoms with Crippen LogP contribution in [0.2, 0.25) is 0 Å². The van der Waals surface area contributed by atoms with Gasteiger partial charge in [0, 0.05) is 23.4 Å². The minimum absolute atomic E-state index is 0.704. The minimum Gasteiger partial charge on any atom is -0.253 e. The third-order valence-electron chi connectivity index (χ3n) is 2.38. The lowest BCUT2D eigenvalue weighted by atomic mass is 9.91. The maximum Gasteiger partial charge on any atom is 0.0370 e. The Morgan fingerprint density at radius 2 is 2.00 bits per heavy atom. The second-order valence-electron chi connectivity index (χ2n) is 3.48. The van der Waals surface area contributed by atoms with Crippen LogP contribution >= 0.6 is 0 Å². The van der Waals surface area contributed by atoms with Gasteiger partial charge in [0.2, 0.25) is 0 Å². The molecule has 0 saturated carbocycles. The molecule has 0 bridgehead atoms. The van der Waals surface area contributed by atoms with E-state index in [9.17, 15) is 4.21 Å². The zero-order valence-corrected chi connectivity index (χ0v) is 9.47. The molecular weight excluding hydrogens is 170 g/mol. The lowest BCUT2D eigenvalue weighted by molar-refractivity contribution is 0.364. The van der Waals surface area contributed by atoms with E-state index in [2.05, 4.69) is 25.1 Å². The molecular formula is C9H21NOS. The Labute approximate surface area is 78.0 Å². The zero-order valence-electron chi connectivity index (χ0n) is 8.58. The fourth-order valence-electron chi connectivity index (χ4n) is 1.39. The normalized spacial score (nSPS) is 16.8. The molecule has 0 spiro atoms. The molecule has 0 fully saturated rings. The van der Waals surface area contributed by atoms with E-state index in [1.807, 2.05) is 0 Å². The van der Waals surface area contributed by atoms with Gasteiger partial charge in [0.25, 0.3) is 0 Å². The van der Waals surface area contributed by atoms with E-state index >= 15 is 0 Å². The van der Waals surface area contributed by atoms with Gasteiger partial charge in [0.1, 0.15) is 0 Å². The van der Waals surface area contributed by atoms with E-state index in [0.29, 0.717) is 11.8 Å². The molecule has 12 heavy (non-hydrogen) atoms. The molecule has 0 aromatic carbocycles. The van der Waals surface area contributed by atoms with Crippen LogP contribution in [0.4, 0.5) is 0 Å². The van der Waals surface area contributed by atoms with Gasteiger partial charge >= 0.3 is 0 Å². The number of hydrogen-bond donors (Lipinski definition) is 1. The van der Waals surface area contributed by atoms with Crippen LogP contribution in [0.1, 0.15) is 33.6 Å². The van der Waals surface area contributed by atoms with Gasteiger partial charge in [0.15, 0.2) is 0 Å². The predicted molar refractivity (Wildman–Crippen MR) is 56.0 cm³/mol. The molecule has 0 aliphatic rings. The van der Waals surface area contributed by atoms with Gasteiger partial charge in [0.05, 0.1) is 0 Å². The summed E-state index contributed by atoms with van der Waals surface area (Å²) in [5.74, 6) is 2.18. The first kappa shape index (κ1) is 11.9. The summed E-state index contributed by atoms with van der Waals surface area (Å²) in [6, 6.07) is 0. The lowest BCUT2D eigenvalue weighted by Gasteiger charge is -2.17. The Hall–Kier alpha value is -0.0500. The summed E-state index contributed by atoms with van der Waals surface area (Å²) < 4.78 is 14.8. The van der Waals surface area contributed by atoms with Crippen LogP contribution in [0.15, 0.2) is 4.36 Å². The van der Waals surface area contributed by atoms with Gasteiger partial charge < -0.3 is 0 Å². The highest BCUT2D eigenvalue weighted by Crippen LogP contribution is 2.18. The van der Waals surface area contributed by atoms with E-state index in [0.717, 1.165) is 12.2 Å². The van der Waals surface area contributed by atoms with Crippen LogP contribution in [0.25, 0.3) is 0 Å². The maximum atomic E-state index is 11.0. The van der Waals surface area contributed by atoms with E-state index in [1.165, 1.54) is 6.42 Å². The third kappa shape index (κ3) is 4.75. The first-order valence-electron chi connectivity index (χ1n) is 4.66. The van der Waals surface area contributed by atoms with E-state index in [4.69, 9.17) is 0 Å². The summed E-state index contributed by atoms with van der Waals surface area (Å²) in [4.78, 5) is 0. The SMILES string of the molecule is CC[C@@H](CC/[SH](=O)=N/C)C(C)C. The van der Waals surface area contributed by atoms with Crippen LogP contribution in [-0.2, 0) is 10.6 Å². The van der Waals surface area contributed by atoms with Gasteiger partial charge in [-0.25, -0.2) is 4.36 Å². The van der Waals surface area contributed by atoms with Crippen molar-refractivity contribution in [3.05, 3.63) is 0 Å². The Balaban J connectivity index is 3.81. The van der Waals surface area contributed by atoms with Gasteiger partial charge in [-0.2, -0.15) is 0 Å². The largest absolute Gasteiger partial charge is 0.253 e. The number of thiol groups is 1. The molecule has 0 aromatic heterocycles. The molecule has 2 nitrogen and oxygen atoms in total. The molecule has 0 radical (unpaired) electrons. The summed E-state index contributed by atoms with van der Waals surface area (Å²) in [5.41, 5.74) is 0. The molecule has 0 heterocycles. The fourth-order valence-corrected chi connectivity index (χ4v) is 2.14. The second-order valence-corrected chi connectivity index (χ2v) is 5.03. The average molecular weight is 191 g/mol. The molecule has 0 aromatic rings. The second kappa shape index (κ2) is 6.46. The van der Waals surface area contributed by atoms with E-state index in [1.54, 1.807) is 7.05 Å². The van der Waals surface area contributed by atoms with Crippen molar-refractivity contribution in [2.75, 3.05) is 12.8 Å². The Bertz CT molecular complexity index is 183. The van der Waals surface area contributed by atoms with Crippen molar-refractivity contribution in [2.45, 2.75) is 33.6 Å². The molecule has 1 unspecified atom stereocenters.